The first-order valence-electron chi connectivity index (χ1n) is 10.9. The Morgan fingerprint density at radius 1 is 0.906 bits per heavy atom. The van der Waals surface area contributed by atoms with Gasteiger partial charge in [0.1, 0.15) is 11.9 Å². The van der Waals surface area contributed by atoms with Gasteiger partial charge >= 0.3 is 0 Å². The maximum absolute atomic E-state index is 13.5. The molecule has 2 amide bonds. The smallest absolute Gasteiger partial charge is 0.243 e. The van der Waals surface area contributed by atoms with Gasteiger partial charge in [0, 0.05) is 19.5 Å². The minimum absolute atomic E-state index is 0.143. The van der Waals surface area contributed by atoms with Gasteiger partial charge in [-0.05, 0) is 48.2 Å². The lowest BCUT2D eigenvalue weighted by Gasteiger charge is -2.31. The average molecular weight is 433 g/mol. The minimum atomic E-state index is -0.682. The van der Waals surface area contributed by atoms with E-state index in [0.29, 0.717) is 13.0 Å². The number of nitrogens with zero attached hydrogens (tertiary/aromatic N) is 1. The van der Waals surface area contributed by atoms with Crippen LogP contribution in [0, 0.1) is 12.7 Å². The van der Waals surface area contributed by atoms with Gasteiger partial charge in [-0.2, -0.15) is 0 Å². The van der Waals surface area contributed by atoms with Crippen LogP contribution in [0.1, 0.15) is 29.2 Å². The Morgan fingerprint density at radius 3 is 2.22 bits per heavy atom. The molecule has 5 heteroatoms. The molecule has 0 heterocycles. The third kappa shape index (κ3) is 6.27. The zero-order valence-corrected chi connectivity index (χ0v) is 18.6. The zero-order valence-electron chi connectivity index (χ0n) is 18.6. The fourth-order valence-corrected chi connectivity index (χ4v) is 3.71. The zero-order chi connectivity index (χ0) is 22.9. The summed E-state index contributed by atoms with van der Waals surface area (Å²) in [5.74, 6) is -0.677. The predicted molar refractivity (Wildman–Crippen MR) is 124 cm³/mol. The molecule has 0 aliphatic heterocycles. The SMILES string of the molecule is CCNC(=O)[C@H](Cc1ccccc1)N(Cc1ccc(F)cc1)C(=O)Cc1ccccc1C. The van der Waals surface area contributed by atoms with Crippen molar-refractivity contribution < 1.29 is 14.0 Å². The van der Waals surface area contributed by atoms with E-state index < -0.39 is 6.04 Å². The van der Waals surface area contributed by atoms with Crippen molar-refractivity contribution in [3.05, 3.63) is 107 Å². The number of likely N-dealkylation sites (N-methyl/N-ethyl adjacent to an activating group) is 1. The molecule has 3 aromatic carbocycles. The highest BCUT2D eigenvalue weighted by Crippen LogP contribution is 2.18. The monoisotopic (exact) mass is 432 g/mol. The number of benzene rings is 3. The highest BCUT2D eigenvalue weighted by Gasteiger charge is 2.30. The van der Waals surface area contributed by atoms with E-state index in [9.17, 15) is 14.0 Å². The fraction of sp³-hybridized carbons (Fsp3) is 0.259. The van der Waals surface area contributed by atoms with E-state index in [-0.39, 0.29) is 30.6 Å². The molecule has 1 N–H and O–H groups in total. The van der Waals surface area contributed by atoms with Gasteiger partial charge in [-0.15, -0.1) is 0 Å². The quantitative estimate of drug-likeness (QED) is 0.543. The second-order valence-corrected chi connectivity index (χ2v) is 7.85. The number of hydrogen-bond acceptors (Lipinski definition) is 2. The largest absolute Gasteiger partial charge is 0.355 e. The van der Waals surface area contributed by atoms with Crippen LogP contribution in [0.15, 0.2) is 78.9 Å². The minimum Gasteiger partial charge on any atom is -0.355 e. The van der Waals surface area contributed by atoms with E-state index >= 15 is 0 Å². The highest BCUT2D eigenvalue weighted by molar-refractivity contribution is 5.88. The maximum atomic E-state index is 13.5. The van der Waals surface area contributed by atoms with Crippen LogP contribution in [0.25, 0.3) is 0 Å². The van der Waals surface area contributed by atoms with Crippen molar-refractivity contribution in [2.75, 3.05) is 6.54 Å². The summed E-state index contributed by atoms with van der Waals surface area (Å²) in [4.78, 5) is 28.3. The number of hydrogen-bond donors (Lipinski definition) is 1. The van der Waals surface area contributed by atoms with Gasteiger partial charge in [-0.3, -0.25) is 9.59 Å². The fourth-order valence-electron chi connectivity index (χ4n) is 3.71. The first kappa shape index (κ1) is 23.2. The summed E-state index contributed by atoms with van der Waals surface area (Å²) in [6, 6.07) is 22.8. The maximum Gasteiger partial charge on any atom is 0.243 e. The van der Waals surface area contributed by atoms with E-state index in [1.54, 1.807) is 17.0 Å². The van der Waals surface area contributed by atoms with Crippen LogP contribution < -0.4 is 5.32 Å². The van der Waals surface area contributed by atoms with E-state index in [4.69, 9.17) is 0 Å². The molecule has 4 nitrogen and oxygen atoms in total. The molecule has 3 rings (SSSR count). The van der Waals surface area contributed by atoms with E-state index in [1.165, 1.54) is 12.1 Å². The van der Waals surface area contributed by atoms with Crippen LogP contribution in [-0.2, 0) is 29.0 Å². The molecule has 0 unspecified atom stereocenters. The van der Waals surface area contributed by atoms with Crippen molar-refractivity contribution in [1.29, 1.82) is 0 Å². The Morgan fingerprint density at radius 2 is 1.56 bits per heavy atom. The summed E-state index contributed by atoms with van der Waals surface area (Å²) in [5.41, 5.74) is 3.69. The van der Waals surface area contributed by atoms with Crippen LogP contribution in [0.2, 0.25) is 0 Å². The van der Waals surface area contributed by atoms with E-state index in [1.807, 2.05) is 68.4 Å². The lowest BCUT2D eigenvalue weighted by molar-refractivity contribution is -0.140. The molecular formula is C27H29FN2O2. The van der Waals surface area contributed by atoms with Gasteiger partial charge < -0.3 is 10.2 Å². The van der Waals surface area contributed by atoms with Gasteiger partial charge in [0.15, 0.2) is 0 Å². The van der Waals surface area contributed by atoms with E-state index in [2.05, 4.69) is 5.32 Å². The third-order valence-corrected chi connectivity index (χ3v) is 5.49. The Kier molecular flexibility index (Phi) is 8.14. The molecule has 0 fully saturated rings. The molecule has 166 valence electrons. The number of nitrogens with one attached hydrogen (secondary N) is 1. The van der Waals surface area contributed by atoms with Crippen LogP contribution in [0.4, 0.5) is 4.39 Å². The third-order valence-electron chi connectivity index (χ3n) is 5.49. The van der Waals surface area contributed by atoms with Crippen LogP contribution in [0.3, 0.4) is 0 Å². The Balaban J connectivity index is 1.95. The van der Waals surface area contributed by atoms with Crippen LogP contribution >= 0.6 is 0 Å². The molecule has 0 aliphatic carbocycles. The summed E-state index contributed by atoms with van der Waals surface area (Å²) >= 11 is 0. The predicted octanol–water partition coefficient (Wildman–Crippen LogP) is 4.45. The highest BCUT2D eigenvalue weighted by atomic mass is 19.1. The van der Waals surface area contributed by atoms with Crippen molar-refractivity contribution in [2.24, 2.45) is 0 Å². The number of halogens is 1. The molecule has 0 bridgehead atoms. The number of carbonyl (C=O) groups excluding carboxylic acids is 2. The first-order valence-corrected chi connectivity index (χ1v) is 10.9. The lowest BCUT2D eigenvalue weighted by atomic mass is 10.0. The van der Waals surface area contributed by atoms with Crippen molar-refractivity contribution in [1.82, 2.24) is 10.2 Å². The number of carbonyl (C=O) groups is 2. The summed E-state index contributed by atoms with van der Waals surface area (Å²) in [6.45, 7) is 4.52. The van der Waals surface area contributed by atoms with Gasteiger partial charge in [0.25, 0.3) is 0 Å². The van der Waals surface area contributed by atoms with Crippen molar-refractivity contribution >= 4 is 11.8 Å². The average Bonchev–Trinajstić information content (AvgIpc) is 2.79. The molecule has 0 saturated carbocycles. The van der Waals surface area contributed by atoms with Gasteiger partial charge in [-0.1, -0.05) is 66.7 Å². The Bertz CT molecular complexity index is 1040. The molecular weight excluding hydrogens is 403 g/mol. The molecule has 3 aromatic rings. The molecule has 0 radical (unpaired) electrons. The van der Waals surface area contributed by atoms with Crippen molar-refractivity contribution in [3.8, 4) is 0 Å². The van der Waals surface area contributed by atoms with E-state index in [0.717, 1.165) is 22.3 Å². The molecule has 0 aromatic heterocycles. The first-order chi connectivity index (χ1) is 15.5. The molecule has 0 saturated heterocycles. The second-order valence-electron chi connectivity index (χ2n) is 7.85. The molecule has 0 spiro atoms. The Hall–Kier alpha value is -3.47. The number of rotatable bonds is 9. The summed E-state index contributed by atoms with van der Waals surface area (Å²) in [6.07, 6.45) is 0.589. The van der Waals surface area contributed by atoms with Crippen LogP contribution in [0.5, 0.6) is 0 Å². The standard InChI is InChI=1S/C27H29FN2O2/c1-3-29-27(32)25(17-21-10-5-4-6-11-21)30(19-22-13-15-24(28)16-14-22)26(31)18-23-12-8-7-9-20(23)2/h4-16,25H,3,17-19H2,1-2H3,(H,29,32)/t25-/m0/s1. The number of aryl methyl sites for hydroxylation is 1. The second kappa shape index (κ2) is 11.2. The topological polar surface area (TPSA) is 49.4 Å². The molecule has 1 atom stereocenters. The summed E-state index contributed by atoms with van der Waals surface area (Å²) in [5, 5.41) is 2.88. The molecule has 0 aliphatic rings. The number of amides is 2. The lowest BCUT2D eigenvalue weighted by Crippen LogP contribution is -2.51. The Labute approximate surface area is 189 Å². The molecule has 32 heavy (non-hydrogen) atoms. The van der Waals surface area contributed by atoms with Crippen LogP contribution in [-0.4, -0.2) is 29.3 Å². The van der Waals surface area contributed by atoms with Gasteiger partial charge in [0.2, 0.25) is 11.8 Å². The normalized spacial score (nSPS) is 11.6. The van der Waals surface area contributed by atoms with Gasteiger partial charge in [0.05, 0.1) is 6.42 Å². The van der Waals surface area contributed by atoms with Crippen molar-refractivity contribution in [2.45, 2.75) is 39.3 Å². The van der Waals surface area contributed by atoms with Crippen molar-refractivity contribution in [3.63, 3.8) is 0 Å². The summed E-state index contributed by atoms with van der Waals surface area (Å²) in [7, 11) is 0. The summed E-state index contributed by atoms with van der Waals surface area (Å²) < 4.78 is 13.4. The van der Waals surface area contributed by atoms with Gasteiger partial charge in [-0.25, -0.2) is 4.39 Å².